The number of nitrogens with one attached hydrogen (secondary N) is 1. The highest BCUT2D eigenvalue weighted by atomic mass is 79.9. The van der Waals surface area contributed by atoms with Crippen molar-refractivity contribution in [2.75, 3.05) is 0 Å². The molecule has 1 N–H and O–H groups in total. The Morgan fingerprint density at radius 3 is 2.75 bits per heavy atom. The predicted molar refractivity (Wildman–Crippen MR) is 82.7 cm³/mol. The second-order valence-electron chi connectivity index (χ2n) is 4.78. The van der Waals surface area contributed by atoms with E-state index in [4.69, 9.17) is 0 Å². The van der Waals surface area contributed by atoms with E-state index in [1.807, 2.05) is 49.8 Å². The van der Waals surface area contributed by atoms with Gasteiger partial charge in [0.2, 0.25) is 0 Å². The van der Waals surface area contributed by atoms with E-state index in [2.05, 4.69) is 26.3 Å². The van der Waals surface area contributed by atoms with Crippen LogP contribution in [0.25, 0.3) is 0 Å². The lowest BCUT2D eigenvalue weighted by molar-refractivity contribution is 0.0949. The maximum Gasteiger partial charge on any atom is 0.251 e. The highest BCUT2D eigenvalue weighted by molar-refractivity contribution is 9.10. The number of halogens is 1. The molecule has 0 aliphatic rings. The second kappa shape index (κ2) is 6.22. The largest absolute Gasteiger partial charge is 0.346 e. The SMILES string of the molecule is CCn1cc(Br)c(CNC(=O)c2ccc(C)cc2C)n1. The molecular formula is C15H18BrN3O. The number of amides is 1. The first kappa shape index (κ1) is 14.8. The summed E-state index contributed by atoms with van der Waals surface area (Å²) in [6.07, 6.45) is 1.92. The molecular weight excluding hydrogens is 318 g/mol. The molecule has 2 aromatic rings. The van der Waals surface area contributed by atoms with Crippen LogP contribution in [-0.2, 0) is 13.1 Å². The number of hydrogen-bond donors (Lipinski definition) is 1. The molecule has 0 saturated carbocycles. The molecule has 1 aromatic heterocycles. The van der Waals surface area contributed by atoms with Crippen molar-refractivity contribution in [2.45, 2.75) is 33.9 Å². The predicted octanol–water partition coefficient (Wildman–Crippen LogP) is 3.21. The summed E-state index contributed by atoms with van der Waals surface area (Å²) >= 11 is 3.45. The average molecular weight is 336 g/mol. The minimum Gasteiger partial charge on any atom is -0.346 e. The van der Waals surface area contributed by atoms with Crippen LogP contribution in [0.3, 0.4) is 0 Å². The number of rotatable bonds is 4. The summed E-state index contributed by atoms with van der Waals surface area (Å²) < 4.78 is 2.75. The van der Waals surface area contributed by atoms with E-state index in [-0.39, 0.29) is 5.91 Å². The van der Waals surface area contributed by atoms with Gasteiger partial charge < -0.3 is 5.32 Å². The smallest absolute Gasteiger partial charge is 0.251 e. The summed E-state index contributed by atoms with van der Waals surface area (Å²) in [7, 11) is 0. The first-order valence-electron chi connectivity index (χ1n) is 6.58. The fourth-order valence-corrected chi connectivity index (χ4v) is 2.50. The van der Waals surface area contributed by atoms with E-state index in [1.165, 1.54) is 0 Å². The Balaban J connectivity index is 2.06. The molecule has 0 bridgehead atoms. The normalized spacial score (nSPS) is 10.6. The van der Waals surface area contributed by atoms with Crippen molar-refractivity contribution in [3.05, 3.63) is 51.3 Å². The lowest BCUT2D eigenvalue weighted by atomic mass is 10.1. The van der Waals surface area contributed by atoms with Gasteiger partial charge in [-0.2, -0.15) is 5.10 Å². The summed E-state index contributed by atoms with van der Waals surface area (Å²) in [5.41, 5.74) is 3.69. The van der Waals surface area contributed by atoms with Gasteiger partial charge in [-0.15, -0.1) is 0 Å². The summed E-state index contributed by atoms with van der Waals surface area (Å²) in [6, 6.07) is 5.82. The van der Waals surface area contributed by atoms with Gasteiger partial charge in [0, 0.05) is 18.3 Å². The van der Waals surface area contributed by atoms with Crippen LogP contribution in [-0.4, -0.2) is 15.7 Å². The Morgan fingerprint density at radius 2 is 2.15 bits per heavy atom. The maximum absolute atomic E-state index is 12.2. The summed E-state index contributed by atoms with van der Waals surface area (Å²) in [5, 5.41) is 7.29. The van der Waals surface area contributed by atoms with Crippen molar-refractivity contribution in [1.82, 2.24) is 15.1 Å². The molecule has 4 nitrogen and oxygen atoms in total. The molecule has 1 aromatic carbocycles. The van der Waals surface area contributed by atoms with E-state index < -0.39 is 0 Å². The lowest BCUT2D eigenvalue weighted by Crippen LogP contribution is -2.24. The van der Waals surface area contributed by atoms with Gasteiger partial charge in [0.05, 0.1) is 16.7 Å². The Labute approximate surface area is 127 Å². The standard InChI is InChI=1S/C15H18BrN3O/c1-4-19-9-13(16)14(18-19)8-17-15(20)12-6-5-10(2)7-11(12)3/h5-7,9H,4,8H2,1-3H3,(H,17,20). The molecule has 106 valence electrons. The third-order valence-electron chi connectivity index (χ3n) is 3.15. The minimum absolute atomic E-state index is 0.0690. The molecule has 0 spiro atoms. The average Bonchev–Trinajstić information content (AvgIpc) is 2.76. The van der Waals surface area contributed by atoms with Crippen molar-refractivity contribution in [1.29, 1.82) is 0 Å². The van der Waals surface area contributed by atoms with Crippen LogP contribution >= 0.6 is 15.9 Å². The molecule has 1 heterocycles. The first-order valence-corrected chi connectivity index (χ1v) is 7.38. The first-order chi connectivity index (χ1) is 9.51. The molecule has 0 saturated heterocycles. The van der Waals surface area contributed by atoms with E-state index in [0.29, 0.717) is 12.1 Å². The Morgan fingerprint density at radius 1 is 1.40 bits per heavy atom. The van der Waals surface area contributed by atoms with Crippen LogP contribution in [0.2, 0.25) is 0 Å². The summed E-state index contributed by atoms with van der Waals surface area (Å²) in [4.78, 5) is 12.2. The van der Waals surface area contributed by atoms with Gasteiger partial charge in [-0.25, -0.2) is 0 Å². The molecule has 0 fully saturated rings. The van der Waals surface area contributed by atoms with Gasteiger partial charge in [0.1, 0.15) is 0 Å². The van der Waals surface area contributed by atoms with E-state index in [9.17, 15) is 4.79 Å². The van der Waals surface area contributed by atoms with Gasteiger partial charge in [0.15, 0.2) is 0 Å². The number of aryl methyl sites for hydroxylation is 3. The van der Waals surface area contributed by atoms with Crippen molar-refractivity contribution in [2.24, 2.45) is 0 Å². The fourth-order valence-electron chi connectivity index (χ4n) is 2.05. The van der Waals surface area contributed by atoms with Gasteiger partial charge in [-0.3, -0.25) is 9.48 Å². The van der Waals surface area contributed by atoms with E-state index >= 15 is 0 Å². The van der Waals surface area contributed by atoms with Crippen molar-refractivity contribution in [3.63, 3.8) is 0 Å². The molecule has 5 heteroatoms. The molecule has 1 amide bonds. The maximum atomic E-state index is 12.2. The molecule has 0 unspecified atom stereocenters. The molecule has 0 aliphatic heterocycles. The lowest BCUT2D eigenvalue weighted by Gasteiger charge is -2.07. The summed E-state index contributed by atoms with van der Waals surface area (Å²) in [5.74, 6) is -0.0690. The highest BCUT2D eigenvalue weighted by Crippen LogP contribution is 2.15. The van der Waals surface area contributed by atoms with E-state index in [0.717, 1.165) is 27.8 Å². The number of hydrogen-bond acceptors (Lipinski definition) is 2. The Hall–Kier alpha value is -1.62. The quantitative estimate of drug-likeness (QED) is 0.932. The number of carbonyl (C=O) groups excluding carboxylic acids is 1. The second-order valence-corrected chi connectivity index (χ2v) is 5.63. The zero-order chi connectivity index (χ0) is 14.7. The minimum atomic E-state index is -0.0690. The number of benzene rings is 1. The third-order valence-corrected chi connectivity index (χ3v) is 3.82. The van der Waals surface area contributed by atoms with Crippen molar-refractivity contribution in [3.8, 4) is 0 Å². The van der Waals surface area contributed by atoms with Gasteiger partial charge >= 0.3 is 0 Å². The van der Waals surface area contributed by atoms with Crippen molar-refractivity contribution >= 4 is 21.8 Å². The van der Waals surface area contributed by atoms with Crippen LogP contribution < -0.4 is 5.32 Å². The molecule has 0 aliphatic carbocycles. The highest BCUT2D eigenvalue weighted by Gasteiger charge is 2.11. The third kappa shape index (κ3) is 3.28. The topological polar surface area (TPSA) is 46.9 Å². The Kier molecular flexibility index (Phi) is 4.60. The summed E-state index contributed by atoms with van der Waals surface area (Å²) in [6.45, 7) is 7.22. The fraction of sp³-hybridized carbons (Fsp3) is 0.333. The number of aromatic nitrogens is 2. The van der Waals surface area contributed by atoms with Crippen LogP contribution in [0.4, 0.5) is 0 Å². The van der Waals surface area contributed by atoms with E-state index in [1.54, 1.807) is 0 Å². The van der Waals surface area contributed by atoms with Crippen molar-refractivity contribution < 1.29 is 4.79 Å². The number of carbonyl (C=O) groups is 1. The molecule has 20 heavy (non-hydrogen) atoms. The zero-order valence-corrected chi connectivity index (χ0v) is 13.5. The molecule has 2 rings (SSSR count). The van der Waals surface area contributed by atoms with Crippen LogP contribution in [0, 0.1) is 13.8 Å². The molecule has 0 radical (unpaired) electrons. The molecule has 0 atom stereocenters. The van der Waals surface area contributed by atoms with Gasteiger partial charge in [-0.05, 0) is 48.3 Å². The van der Waals surface area contributed by atoms with Crippen LogP contribution in [0.15, 0.2) is 28.9 Å². The number of nitrogens with zero attached hydrogens (tertiary/aromatic N) is 2. The Bertz CT molecular complexity index is 634. The van der Waals surface area contributed by atoms with Crippen LogP contribution in [0.1, 0.15) is 34.1 Å². The van der Waals surface area contributed by atoms with Crippen LogP contribution in [0.5, 0.6) is 0 Å². The zero-order valence-electron chi connectivity index (χ0n) is 11.9. The van der Waals surface area contributed by atoms with Gasteiger partial charge in [-0.1, -0.05) is 17.7 Å². The van der Waals surface area contributed by atoms with Gasteiger partial charge in [0.25, 0.3) is 5.91 Å². The monoisotopic (exact) mass is 335 g/mol.